The predicted octanol–water partition coefficient (Wildman–Crippen LogP) is 4.50. The van der Waals surface area contributed by atoms with E-state index in [1.807, 2.05) is 12.2 Å². The van der Waals surface area contributed by atoms with Gasteiger partial charge in [0.15, 0.2) is 0 Å². The van der Waals surface area contributed by atoms with E-state index in [0.717, 1.165) is 11.6 Å². The molecule has 4 atom stereocenters. The highest BCUT2D eigenvalue weighted by molar-refractivity contribution is 7.17. The third kappa shape index (κ3) is 2.05. The molecule has 16 heavy (non-hydrogen) atoms. The normalized spacial score (nSPS) is 41.5. The largest absolute Gasteiger partial charge is 0.134 e. The Hall–Kier alpha value is -0.350. The Morgan fingerprint density at radius 2 is 2.19 bits per heavy atom. The minimum atomic E-state index is 0.552. The number of hydrogen-bond donors (Lipinski definition) is 0. The molecule has 1 heteroatoms. The van der Waals surface area contributed by atoms with Crippen LogP contribution in [0.2, 0.25) is 0 Å². The Morgan fingerprint density at radius 1 is 1.38 bits per heavy atom. The van der Waals surface area contributed by atoms with Gasteiger partial charge in [0, 0.05) is 0 Å². The van der Waals surface area contributed by atoms with E-state index in [4.69, 9.17) is 0 Å². The summed E-state index contributed by atoms with van der Waals surface area (Å²) in [5.41, 5.74) is 3.05. The topological polar surface area (TPSA) is 0 Å². The first-order chi connectivity index (χ1) is 7.68. The standard InChI is InChI=1S/C15H23P/c1-3-4-5-7-12-8-6-11-15(2)13(12)9-10-14(15)16/h3-5,7,13-14H,1,6,8-11,16H2,2H3/b5-4-,12-7+/t13-,14-,15-/m0/s1. The van der Waals surface area contributed by atoms with Crippen molar-refractivity contribution in [1.82, 2.24) is 0 Å². The SMILES string of the molecule is C=C/C=C\C=C1/CCC[C@]2(C)[C@@H](P)CC[C@@H]12. The molecule has 0 N–H and O–H groups in total. The molecule has 88 valence electrons. The van der Waals surface area contributed by atoms with Crippen molar-refractivity contribution in [2.75, 3.05) is 0 Å². The van der Waals surface area contributed by atoms with Crippen molar-refractivity contribution in [2.24, 2.45) is 11.3 Å². The van der Waals surface area contributed by atoms with Gasteiger partial charge >= 0.3 is 0 Å². The van der Waals surface area contributed by atoms with Crippen molar-refractivity contribution in [2.45, 2.75) is 44.7 Å². The molecule has 0 saturated heterocycles. The monoisotopic (exact) mass is 234 g/mol. The molecule has 0 bridgehead atoms. The van der Waals surface area contributed by atoms with Gasteiger partial charge in [-0.2, -0.15) is 0 Å². The first-order valence-corrected chi connectivity index (χ1v) is 7.09. The summed E-state index contributed by atoms with van der Waals surface area (Å²) >= 11 is 0. The summed E-state index contributed by atoms with van der Waals surface area (Å²) in [5, 5.41) is 0. The van der Waals surface area contributed by atoms with Gasteiger partial charge in [0.2, 0.25) is 0 Å². The quantitative estimate of drug-likeness (QED) is 0.487. The Bertz CT molecular complexity index is 326. The van der Waals surface area contributed by atoms with Gasteiger partial charge in [-0.1, -0.05) is 43.4 Å². The molecule has 2 fully saturated rings. The predicted molar refractivity (Wildman–Crippen MR) is 75.6 cm³/mol. The molecule has 0 aromatic heterocycles. The molecule has 1 unspecified atom stereocenters. The summed E-state index contributed by atoms with van der Waals surface area (Å²) in [5.74, 6) is 0.832. The van der Waals surface area contributed by atoms with Crippen molar-refractivity contribution < 1.29 is 0 Å². The van der Waals surface area contributed by atoms with Gasteiger partial charge in [0.1, 0.15) is 0 Å². The molecule has 2 saturated carbocycles. The smallest absolute Gasteiger partial charge is 0.0140 e. The van der Waals surface area contributed by atoms with Crippen LogP contribution in [0.4, 0.5) is 0 Å². The zero-order valence-corrected chi connectivity index (χ0v) is 11.4. The highest BCUT2D eigenvalue weighted by Crippen LogP contribution is 2.56. The first-order valence-electron chi connectivity index (χ1n) is 6.42. The van der Waals surface area contributed by atoms with Crippen LogP contribution >= 0.6 is 9.24 Å². The highest BCUT2D eigenvalue weighted by Gasteiger charge is 2.47. The zero-order chi connectivity index (χ0) is 11.6. The van der Waals surface area contributed by atoms with E-state index in [9.17, 15) is 0 Å². The zero-order valence-electron chi connectivity index (χ0n) is 10.3. The van der Waals surface area contributed by atoms with Crippen molar-refractivity contribution in [1.29, 1.82) is 0 Å². The first kappa shape index (κ1) is 12.1. The van der Waals surface area contributed by atoms with E-state index in [0.29, 0.717) is 5.41 Å². The lowest BCUT2D eigenvalue weighted by molar-refractivity contribution is 0.208. The summed E-state index contributed by atoms with van der Waals surface area (Å²) in [7, 11) is 3.09. The number of allylic oxidation sites excluding steroid dienone is 5. The molecule has 2 aliphatic carbocycles. The van der Waals surface area contributed by atoms with Crippen LogP contribution in [0.1, 0.15) is 39.0 Å². The van der Waals surface area contributed by atoms with Gasteiger partial charge in [0.25, 0.3) is 0 Å². The summed E-state index contributed by atoms with van der Waals surface area (Å²) in [6.07, 6.45) is 15.2. The number of rotatable bonds is 2. The maximum atomic E-state index is 3.72. The summed E-state index contributed by atoms with van der Waals surface area (Å²) in [6.45, 7) is 6.21. The lowest BCUT2D eigenvalue weighted by Gasteiger charge is -2.41. The molecule has 2 rings (SSSR count). The molecular formula is C15H23P. The second kappa shape index (κ2) is 4.88. The van der Waals surface area contributed by atoms with E-state index in [1.165, 1.54) is 32.1 Å². The van der Waals surface area contributed by atoms with Crippen LogP contribution in [0, 0.1) is 11.3 Å². The van der Waals surface area contributed by atoms with Crippen molar-refractivity contribution >= 4 is 9.24 Å². The molecule has 2 aliphatic rings. The van der Waals surface area contributed by atoms with E-state index in [2.05, 4.69) is 34.9 Å². The van der Waals surface area contributed by atoms with Gasteiger partial charge in [-0.3, -0.25) is 0 Å². The summed E-state index contributed by atoms with van der Waals surface area (Å²) in [6, 6.07) is 0. The van der Waals surface area contributed by atoms with Crippen LogP contribution in [0.5, 0.6) is 0 Å². The van der Waals surface area contributed by atoms with Crippen molar-refractivity contribution in [3.8, 4) is 0 Å². The second-order valence-electron chi connectivity index (χ2n) is 5.46. The number of fused-ring (bicyclic) bond motifs is 1. The highest BCUT2D eigenvalue weighted by atomic mass is 31.0. The van der Waals surface area contributed by atoms with Gasteiger partial charge < -0.3 is 0 Å². The maximum absolute atomic E-state index is 3.72. The molecule has 0 amide bonds. The fraction of sp³-hybridized carbons (Fsp3) is 0.600. The van der Waals surface area contributed by atoms with Crippen LogP contribution in [-0.4, -0.2) is 5.66 Å². The number of hydrogen-bond acceptors (Lipinski definition) is 0. The molecule has 0 aromatic carbocycles. The van der Waals surface area contributed by atoms with Gasteiger partial charge in [-0.15, -0.1) is 9.24 Å². The van der Waals surface area contributed by atoms with Crippen LogP contribution in [0.3, 0.4) is 0 Å². The van der Waals surface area contributed by atoms with Gasteiger partial charge in [0.05, 0.1) is 0 Å². The Kier molecular flexibility index (Phi) is 3.70. The fourth-order valence-electron chi connectivity index (χ4n) is 3.54. The molecule has 0 aromatic rings. The summed E-state index contributed by atoms with van der Waals surface area (Å²) < 4.78 is 0. The molecule has 0 heterocycles. The molecule has 0 spiro atoms. The van der Waals surface area contributed by atoms with Crippen LogP contribution in [0.25, 0.3) is 0 Å². The molecular weight excluding hydrogens is 211 g/mol. The average Bonchev–Trinajstić information content (AvgIpc) is 2.57. The minimum absolute atomic E-state index is 0.552. The fourth-order valence-corrected chi connectivity index (χ4v) is 4.13. The molecule has 0 aliphatic heterocycles. The van der Waals surface area contributed by atoms with Crippen molar-refractivity contribution in [3.05, 3.63) is 36.5 Å². The second-order valence-corrected chi connectivity index (χ2v) is 6.26. The lowest BCUT2D eigenvalue weighted by atomic mass is 9.67. The van der Waals surface area contributed by atoms with Gasteiger partial charge in [-0.05, 0) is 49.1 Å². The Morgan fingerprint density at radius 3 is 2.94 bits per heavy atom. The van der Waals surface area contributed by atoms with Crippen LogP contribution in [0.15, 0.2) is 36.5 Å². The minimum Gasteiger partial charge on any atom is -0.134 e. The maximum Gasteiger partial charge on any atom is -0.0140 e. The Balaban J connectivity index is 2.20. The van der Waals surface area contributed by atoms with E-state index in [-0.39, 0.29) is 0 Å². The average molecular weight is 234 g/mol. The summed E-state index contributed by atoms with van der Waals surface area (Å²) in [4.78, 5) is 0. The van der Waals surface area contributed by atoms with Crippen LogP contribution in [-0.2, 0) is 0 Å². The molecule has 0 radical (unpaired) electrons. The molecule has 0 nitrogen and oxygen atoms in total. The third-order valence-corrected chi connectivity index (χ3v) is 5.69. The van der Waals surface area contributed by atoms with Crippen molar-refractivity contribution in [3.63, 3.8) is 0 Å². The van der Waals surface area contributed by atoms with E-state index >= 15 is 0 Å². The van der Waals surface area contributed by atoms with Crippen LogP contribution < -0.4 is 0 Å². The Labute approximate surface area is 102 Å². The van der Waals surface area contributed by atoms with E-state index in [1.54, 1.807) is 5.57 Å². The van der Waals surface area contributed by atoms with Gasteiger partial charge in [-0.25, -0.2) is 0 Å². The lowest BCUT2D eigenvalue weighted by Crippen LogP contribution is -2.33. The van der Waals surface area contributed by atoms with E-state index < -0.39 is 0 Å². The third-order valence-electron chi connectivity index (χ3n) is 4.60.